The number of benzene rings is 1. The van der Waals surface area contributed by atoms with Gasteiger partial charge in [0.25, 0.3) is 5.91 Å². The van der Waals surface area contributed by atoms with Gasteiger partial charge in [-0.1, -0.05) is 32.0 Å². The zero-order chi connectivity index (χ0) is 19.2. The fraction of sp³-hybridized carbons (Fsp3) is 0.450. The molecule has 1 saturated heterocycles. The molecule has 6 nitrogen and oxygen atoms in total. The average Bonchev–Trinajstić information content (AvgIpc) is 3.16. The van der Waals surface area contributed by atoms with Crippen molar-refractivity contribution in [2.75, 3.05) is 25.0 Å². The third-order valence-corrected chi connectivity index (χ3v) is 5.44. The molecule has 0 bridgehead atoms. The molecule has 0 saturated carbocycles. The van der Waals surface area contributed by atoms with E-state index in [-0.39, 0.29) is 24.3 Å². The normalized spacial score (nSPS) is 15.0. The van der Waals surface area contributed by atoms with Gasteiger partial charge in [-0.05, 0) is 30.9 Å². The van der Waals surface area contributed by atoms with Gasteiger partial charge in [0, 0.05) is 24.4 Å². The molecule has 2 amide bonds. The summed E-state index contributed by atoms with van der Waals surface area (Å²) in [6.07, 6.45) is 1.32. The van der Waals surface area contributed by atoms with Gasteiger partial charge < -0.3 is 15.0 Å². The largest absolute Gasteiger partial charge is 0.484 e. The smallest absolute Gasteiger partial charge is 0.260 e. The Labute approximate surface area is 163 Å². The molecule has 1 aliphatic rings. The molecule has 1 aromatic heterocycles. The van der Waals surface area contributed by atoms with Gasteiger partial charge in [-0.25, -0.2) is 4.98 Å². The zero-order valence-electron chi connectivity index (χ0n) is 15.7. The van der Waals surface area contributed by atoms with Crippen molar-refractivity contribution in [1.82, 2.24) is 9.88 Å². The van der Waals surface area contributed by atoms with Gasteiger partial charge in [0.05, 0.1) is 5.69 Å². The molecule has 0 unspecified atom stereocenters. The number of likely N-dealkylation sites (tertiary alicyclic amines) is 1. The van der Waals surface area contributed by atoms with Crippen molar-refractivity contribution in [3.8, 4) is 5.75 Å². The lowest BCUT2D eigenvalue weighted by Crippen LogP contribution is -2.43. The minimum absolute atomic E-state index is 0.00714. The molecule has 1 aromatic carbocycles. The highest BCUT2D eigenvalue weighted by Crippen LogP contribution is 2.24. The number of ether oxygens (including phenoxy) is 1. The minimum Gasteiger partial charge on any atom is -0.484 e. The second kappa shape index (κ2) is 8.99. The Hall–Kier alpha value is -2.41. The van der Waals surface area contributed by atoms with Crippen LogP contribution < -0.4 is 10.1 Å². The van der Waals surface area contributed by atoms with Crippen LogP contribution in [0.5, 0.6) is 5.75 Å². The highest BCUT2D eigenvalue weighted by atomic mass is 32.1. The number of nitrogens with zero attached hydrogens (tertiary/aromatic N) is 2. The van der Waals surface area contributed by atoms with Crippen molar-refractivity contribution in [1.29, 1.82) is 0 Å². The number of aromatic nitrogens is 1. The van der Waals surface area contributed by atoms with Crippen LogP contribution in [0.25, 0.3) is 0 Å². The third-order valence-electron chi connectivity index (χ3n) is 4.67. The van der Waals surface area contributed by atoms with E-state index in [1.165, 1.54) is 11.3 Å². The first-order valence-corrected chi connectivity index (χ1v) is 10.1. The Morgan fingerprint density at radius 2 is 1.96 bits per heavy atom. The number of para-hydroxylation sites is 1. The van der Waals surface area contributed by atoms with Crippen molar-refractivity contribution in [3.63, 3.8) is 0 Å². The second-order valence-electron chi connectivity index (χ2n) is 6.98. The first kappa shape index (κ1) is 19.4. The van der Waals surface area contributed by atoms with Crippen LogP contribution in [0.1, 0.15) is 38.3 Å². The Kier molecular flexibility index (Phi) is 6.45. The molecule has 0 aliphatic carbocycles. The van der Waals surface area contributed by atoms with Gasteiger partial charge in [0.1, 0.15) is 5.75 Å². The molecular weight excluding hydrogens is 362 g/mol. The Bertz CT molecular complexity index is 768. The van der Waals surface area contributed by atoms with Crippen LogP contribution in [-0.4, -0.2) is 41.4 Å². The fourth-order valence-corrected chi connectivity index (χ4v) is 3.84. The van der Waals surface area contributed by atoms with Crippen molar-refractivity contribution in [2.24, 2.45) is 5.92 Å². The lowest BCUT2D eigenvalue weighted by Gasteiger charge is -2.31. The summed E-state index contributed by atoms with van der Waals surface area (Å²) in [4.78, 5) is 31.0. The van der Waals surface area contributed by atoms with Crippen molar-refractivity contribution in [3.05, 3.63) is 41.4 Å². The summed E-state index contributed by atoms with van der Waals surface area (Å²) in [7, 11) is 0. The highest BCUT2D eigenvalue weighted by Gasteiger charge is 2.28. The van der Waals surface area contributed by atoms with Gasteiger partial charge in [-0.15, -0.1) is 11.3 Å². The minimum atomic E-state index is -0.0875. The number of nitrogens with one attached hydrogen (secondary N) is 1. The molecule has 7 heteroatoms. The van der Waals surface area contributed by atoms with Crippen molar-refractivity contribution >= 4 is 28.3 Å². The molecule has 3 rings (SSSR count). The maximum Gasteiger partial charge on any atom is 0.260 e. The number of piperidine rings is 1. The summed E-state index contributed by atoms with van der Waals surface area (Å²) in [5, 5.41) is 5.55. The molecule has 0 radical (unpaired) electrons. The average molecular weight is 388 g/mol. The second-order valence-corrected chi connectivity index (χ2v) is 7.84. The van der Waals surface area contributed by atoms with E-state index in [9.17, 15) is 9.59 Å². The summed E-state index contributed by atoms with van der Waals surface area (Å²) in [5.41, 5.74) is 0.995. The van der Waals surface area contributed by atoms with Gasteiger partial charge in [-0.2, -0.15) is 0 Å². The molecule has 2 aromatic rings. The van der Waals surface area contributed by atoms with E-state index >= 15 is 0 Å². The predicted molar refractivity (Wildman–Crippen MR) is 106 cm³/mol. The standard InChI is InChI=1S/C20H25N3O3S/c1-14(2)17-13-27-20(21-17)22-19(25)15-8-10-23(11-9-15)18(24)12-26-16-6-4-3-5-7-16/h3-7,13-15H,8-12H2,1-2H3,(H,21,22,25). The number of anilines is 1. The van der Waals surface area contributed by atoms with E-state index in [1.807, 2.05) is 35.7 Å². The highest BCUT2D eigenvalue weighted by molar-refractivity contribution is 7.13. The van der Waals surface area contributed by atoms with Crippen molar-refractivity contribution < 1.29 is 14.3 Å². The molecule has 0 spiro atoms. The lowest BCUT2D eigenvalue weighted by atomic mass is 9.96. The van der Waals surface area contributed by atoms with Crippen molar-refractivity contribution in [2.45, 2.75) is 32.6 Å². The summed E-state index contributed by atoms with van der Waals surface area (Å²) < 4.78 is 5.52. The molecule has 1 aliphatic heterocycles. The van der Waals surface area contributed by atoms with Crippen LogP contribution in [0.15, 0.2) is 35.7 Å². The summed E-state index contributed by atoms with van der Waals surface area (Å²) in [5.74, 6) is 0.894. The number of carbonyl (C=O) groups is 2. The maximum absolute atomic E-state index is 12.5. The Morgan fingerprint density at radius 1 is 1.26 bits per heavy atom. The molecular formula is C20H25N3O3S. The SMILES string of the molecule is CC(C)c1csc(NC(=O)C2CCN(C(=O)COc3ccccc3)CC2)n1. The zero-order valence-corrected chi connectivity index (χ0v) is 16.5. The molecule has 0 atom stereocenters. The number of carbonyl (C=O) groups excluding carboxylic acids is 2. The molecule has 1 fully saturated rings. The molecule has 27 heavy (non-hydrogen) atoms. The van der Waals surface area contributed by atoms with Crippen LogP contribution in [0, 0.1) is 5.92 Å². The van der Waals surface area contributed by atoms with Gasteiger partial charge in [-0.3, -0.25) is 9.59 Å². The molecule has 1 N–H and O–H groups in total. The summed E-state index contributed by atoms with van der Waals surface area (Å²) in [6, 6.07) is 9.30. The van der Waals surface area contributed by atoms with E-state index in [0.29, 0.717) is 42.7 Å². The van der Waals surface area contributed by atoms with E-state index in [1.54, 1.807) is 4.90 Å². The van der Waals surface area contributed by atoms with E-state index < -0.39 is 0 Å². The fourth-order valence-electron chi connectivity index (χ4n) is 2.96. The maximum atomic E-state index is 12.5. The van der Waals surface area contributed by atoms with Crippen LogP contribution in [0.2, 0.25) is 0 Å². The first-order chi connectivity index (χ1) is 13.0. The third kappa shape index (κ3) is 5.29. The number of rotatable bonds is 6. The number of hydrogen-bond donors (Lipinski definition) is 1. The monoisotopic (exact) mass is 387 g/mol. The molecule has 2 heterocycles. The Morgan fingerprint density at radius 3 is 2.59 bits per heavy atom. The Balaban J connectivity index is 1.43. The van der Waals surface area contributed by atoms with E-state index in [2.05, 4.69) is 24.1 Å². The first-order valence-electron chi connectivity index (χ1n) is 9.25. The molecule has 144 valence electrons. The number of thiazole rings is 1. The van der Waals surface area contributed by atoms with Crippen LogP contribution >= 0.6 is 11.3 Å². The predicted octanol–water partition coefficient (Wildman–Crippen LogP) is 3.52. The summed E-state index contributed by atoms with van der Waals surface area (Å²) >= 11 is 1.46. The van der Waals surface area contributed by atoms with E-state index in [0.717, 1.165) is 5.69 Å². The number of hydrogen-bond acceptors (Lipinski definition) is 5. The number of amides is 2. The van der Waals surface area contributed by atoms with Gasteiger partial charge in [0.2, 0.25) is 5.91 Å². The van der Waals surface area contributed by atoms with Crippen LogP contribution in [-0.2, 0) is 9.59 Å². The quantitative estimate of drug-likeness (QED) is 0.823. The van der Waals surface area contributed by atoms with Gasteiger partial charge in [0.15, 0.2) is 11.7 Å². The lowest BCUT2D eigenvalue weighted by molar-refractivity contribution is -0.136. The van der Waals surface area contributed by atoms with E-state index in [4.69, 9.17) is 4.74 Å². The summed E-state index contributed by atoms with van der Waals surface area (Å²) in [6.45, 7) is 5.33. The topological polar surface area (TPSA) is 71.5 Å². The van der Waals surface area contributed by atoms with Crippen LogP contribution in [0.4, 0.5) is 5.13 Å². The van der Waals surface area contributed by atoms with Gasteiger partial charge >= 0.3 is 0 Å². The van der Waals surface area contributed by atoms with Crippen LogP contribution in [0.3, 0.4) is 0 Å².